The fourth-order valence-electron chi connectivity index (χ4n) is 3.12. The van der Waals surface area contributed by atoms with E-state index in [0.29, 0.717) is 18.1 Å². The lowest BCUT2D eigenvalue weighted by molar-refractivity contribution is -0.118. The van der Waals surface area contributed by atoms with Crippen molar-refractivity contribution in [2.75, 3.05) is 24.5 Å². The summed E-state index contributed by atoms with van der Waals surface area (Å²) in [6.45, 7) is 1.81. The second-order valence-electron chi connectivity index (χ2n) is 5.87. The van der Waals surface area contributed by atoms with Crippen LogP contribution in [0.4, 0.5) is 5.69 Å². The Bertz CT molecular complexity index is 934. The maximum absolute atomic E-state index is 12.1. The molecule has 122 valence electrons. The Morgan fingerprint density at radius 2 is 2.04 bits per heavy atom. The maximum Gasteiger partial charge on any atom is 0.240 e. The van der Waals surface area contributed by atoms with Gasteiger partial charge in [-0.05, 0) is 30.3 Å². The molecule has 0 saturated carbocycles. The highest BCUT2D eigenvalue weighted by Gasteiger charge is 2.21. The summed E-state index contributed by atoms with van der Waals surface area (Å²) in [5, 5.41) is 3.71. The molecule has 0 spiro atoms. The van der Waals surface area contributed by atoms with Crippen LogP contribution in [0.1, 0.15) is 0 Å². The Kier molecular flexibility index (Phi) is 3.75. The van der Waals surface area contributed by atoms with Gasteiger partial charge in [0.2, 0.25) is 5.91 Å². The highest BCUT2D eigenvalue weighted by atomic mass is 35.5. The number of aromatic nitrogens is 2. The Hall–Kier alpha value is -2.37. The number of carbonyl (C=O) groups excluding carboxylic acids is 1. The summed E-state index contributed by atoms with van der Waals surface area (Å²) >= 11 is 6.44. The van der Waals surface area contributed by atoms with E-state index in [2.05, 4.69) is 5.32 Å². The Morgan fingerprint density at radius 3 is 2.83 bits per heavy atom. The number of benzene rings is 2. The molecule has 0 bridgehead atoms. The zero-order chi connectivity index (χ0) is 16.7. The fraction of sp³-hybridized carbons (Fsp3) is 0.222. The number of fused-ring (bicyclic) bond motifs is 1. The summed E-state index contributed by atoms with van der Waals surface area (Å²) in [5.41, 5.74) is 3.66. The van der Waals surface area contributed by atoms with Crippen molar-refractivity contribution in [3.8, 4) is 11.4 Å². The third-order valence-electron chi connectivity index (χ3n) is 4.38. The Labute approximate surface area is 144 Å². The van der Waals surface area contributed by atoms with Gasteiger partial charge in [-0.25, -0.2) is 4.98 Å². The predicted octanol–water partition coefficient (Wildman–Crippen LogP) is 2.83. The molecule has 1 aliphatic heterocycles. The number of piperazine rings is 1. The van der Waals surface area contributed by atoms with E-state index in [4.69, 9.17) is 16.6 Å². The molecule has 6 heteroatoms. The van der Waals surface area contributed by atoms with Gasteiger partial charge in [-0.3, -0.25) is 4.79 Å². The van der Waals surface area contributed by atoms with Crippen LogP contribution in [0.3, 0.4) is 0 Å². The molecule has 24 heavy (non-hydrogen) atoms. The molecule has 1 aliphatic rings. The first-order chi connectivity index (χ1) is 11.6. The average Bonchev–Trinajstić information content (AvgIpc) is 2.93. The molecular formula is C18H17ClN4O. The molecule has 4 rings (SSSR count). The highest BCUT2D eigenvalue weighted by Crippen LogP contribution is 2.33. The molecule has 0 aliphatic carbocycles. The van der Waals surface area contributed by atoms with E-state index in [-0.39, 0.29) is 5.91 Å². The molecule has 0 atom stereocenters. The van der Waals surface area contributed by atoms with Crippen molar-refractivity contribution < 1.29 is 4.79 Å². The number of nitrogens with zero attached hydrogens (tertiary/aromatic N) is 3. The molecule has 1 aromatic heterocycles. The topological polar surface area (TPSA) is 50.2 Å². The number of hydrogen-bond acceptors (Lipinski definition) is 3. The molecule has 1 amide bonds. The molecular weight excluding hydrogens is 324 g/mol. The summed E-state index contributed by atoms with van der Waals surface area (Å²) in [7, 11) is 1.98. The van der Waals surface area contributed by atoms with Crippen LogP contribution in [0, 0.1) is 0 Å². The van der Waals surface area contributed by atoms with Crippen LogP contribution in [0.5, 0.6) is 0 Å². The van der Waals surface area contributed by atoms with Gasteiger partial charge in [-0.2, -0.15) is 0 Å². The number of imidazole rings is 1. The summed E-state index contributed by atoms with van der Waals surface area (Å²) in [5.74, 6) is 0.866. The average molecular weight is 341 g/mol. The maximum atomic E-state index is 12.1. The van der Waals surface area contributed by atoms with E-state index in [1.807, 2.05) is 54.1 Å². The van der Waals surface area contributed by atoms with Crippen molar-refractivity contribution in [3.63, 3.8) is 0 Å². The van der Waals surface area contributed by atoms with Crippen LogP contribution >= 0.6 is 11.6 Å². The zero-order valence-corrected chi connectivity index (χ0v) is 14.0. The smallest absolute Gasteiger partial charge is 0.240 e. The SMILES string of the molecule is Cn1c(-c2cc(N3CCNCC3=O)ccc2Cl)nc2ccccc21. The first kappa shape index (κ1) is 15.2. The lowest BCUT2D eigenvalue weighted by Crippen LogP contribution is -2.48. The normalized spacial score (nSPS) is 15.2. The van der Waals surface area contributed by atoms with Gasteiger partial charge >= 0.3 is 0 Å². The molecule has 1 saturated heterocycles. The molecule has 1 fully saturated rings. The van der Waals surface area contributed by atoms with Gasteiger partial charge in [0, 0.05) is 31.4 Å². The number of amides is 1. The number of nitrogens with one attached hydrogen (secondary N) is 1. The number of anilines is 1. The fourth-order valence-corrected chi connectivity index (χ4v) is 3.32. The van der Waals surface area contributed by atoms with E-state index >= 15 is 0 Å². The summed E-state index contributed by atoms with van der Waals surface area (Å²) in [6.07, 6.45) is 0. The predicted molar refractivity (Wildman–Crippen MR) is 96.4 cm³/mol. The van der Waals surface area contributed by atoms with Crippen LogP contribution in [-0.2, 0) is 11.8 Å². The monoisotopic (exact) mass is 340 g/mol. The number of halogens is 1. The standard InChI is InChI=1S/C18H17ClN4O/c1-22-16-5-3-2-4-15(16)21-18(22)13-10-12(6-7-14(13)19)23-9-8-20-11-17(23)24/h2-7,10,20H,8-9,11H2,1H3. The minimum Gasteiger partial charge on any atom is -0.327 e. The molecule has 0 radical (unpaired) electrons. The first-order valence-electron chi connectivity index (χ1n) is 7.87. The number of para-hydroxylation sites is 2. The molecule has 1 N–H and O–H groups in total. The zero-order valence-electron chi connectivity index (χ0n) is 13.3. The van der Waals surface area contributed by atoms with Gasteiger partial charge in [0.25, 0.3) is 0 Å². The molecule has 0 unspecified atom stereocenters. The Morgan fingerprint density at radius 1 is 1.21 bits per heavy atom. The van der Waals surface area contributed by atoms with Gasteiger partial charge in [0.15, 0.2) is 0 Å². The van der Waals surface area contributed by atoms with Crippen molar-refractivity contribution in [3.05, 3.63) is 47.5 Å². The van der Waals surface area contributed by atoms with Crippen LogP contribution in [-0.4, -0.2) is 35.1 Å². The van der Waals surface area contributed by atoms with Crippen LogP contribution in [0.15, 0.2) is 42.5 Å². The Balaban J connectivity index is 1.83. The third kappa shape index (κ3) is 2.46. The molecule has 3 aromatic rings. The highest BCUT2D eigenvalue weighted by molar-refractivity contribution is 6.33. The minimum absolute atomic E-state index is 0.0690. The van der Waals surface area contributed by atoms with Crippen LogP contribution < -0.4 is 10.2 Å². The van der Waals surface area contributed by atoms with E-state index in [1.165, 1.54) is 0 Å². The molecule has 2 aromatic carbocycles. The van der Waals surface area contributed by atoms with Crippen molar-refractivity contribution in [1.29, 1.82) is 0 Å². The van der Waals surface area contributed by atoms with E-state index in [1.54, 1.807) is 4.90 Å². The van der Waals surface area contributed by atoms with Gasteiger partial charge in [-0.15, -0.1) is 0 Å². The van der Waals surface area contributed by atoms with Crippen LogP contribution in [0.25, 0.3) is 22.4 Å². The summed E-state index contributed by atoms with van der Waals surface area (Å²) < 4.78 is 2.03. The van der Waals surface area contributed by atoms with Gasteiger partial charge in [-0.1, -0.05) is 23.7 Å². The van der Waals surface area contributed by atoms with Crippen molar-refractivity contribution in [2.45, 2.75) is 0 Å². The third-order valence-corrected chi connectivity index (χ3v) is 4.71. The molecule has 2 heterocycles. The first-order valence-corrected chi connectivity index (χ1v) is 8.25. The van der Waals surface area contributed by atoms with Crippen molar-refractivity contribution >= 4 is 34.2 Å². The number of rotatable bonds is 2. The second-order valence-corrected chi connectivity index (χ2v) is 6.28. The lowest BCUT2D eigenvalue weighted by Gasteiger charge is -2.27. The minimum atomic E-state index is 0.0690. The summed E-state index contributed by atoms with van der Waals surface area (Å²) in [6, 6.07) is 13.6. The number of carbonyl (C=O) groups is 1. The van der Waals surface area contributed by atoms with Gasteiger partial charge in [0.1, 0.15) is 5.82 Å². The van der Waals surface area contributed by atoms with E-state index < -0.39 is 0 Å². The van der Waals surface area contributed by atoms with E-state index in [0.717, 1.165) is 34.7 Å². The second kappa shape index (κ2) is 5.92. The van der Waals surface area contributed by atoms with Gasteiger partial charge in [0.05, 0.1) is 22.6 Å². The molecule has 5 nitrogen and oxygen atoms in total. The lowest BCUT2D eigenvalue weighted by atomic mass is 10.1. The number of aryl methyl sites for hydroxylation is 1. The number of hydrogen-bond donors (Lipinski definition) is 1. The van der Waals surface area contributed by atoms with Crippen LogP contribution in [0.2, 0.25) is 5.02 Å². The largest absolute Gasteiger partial charge is 0.327 e. The quantitative estimate of drug-likeness (QED) is 0.780. The van der Waals surface area contributed by atoms with Crippen molar-refractivity contribution in [1.82, 2.24) is 14.9 Å². The van der Waals surface area contributed by atoms with E-state index in [9.17, 15) is 4.79 Å². The summed E-state index contributed by atoms with van der Waals surface area (Å²) in [4.78, 5) is 18.6. The van der Waals surface area contributed by atoms with Crippen molar-refractivity contribution in [2.24, 2.45) is 7.05 Å². The van der Waals surface area contributed by atoms with Gasteiger partial charge < -0.3 is 14.8 Å².